The van der Waals surface area contributed by atoms with Gasteiger partial charge in [-0.3, -0.25) is 9.36 Å². The zero-order valence-electron chi connectivity index (χ0n) is 11.1. The van der Waals surface area contributed by atoms with E-state index in [4.69, 9.17) is 14.9 Å². The summed E-state index contributed by atoms with van der Waals surface area (Å²) in [6.45, 7) is 7.29. The third-order valence-electron chi connectivity index (χ3n) is 2.62. The monoisotopic (exact) mass is 268 g/mol. The number of hydrogen-bond donors (Lipinski definition) is 3. The molecular weight excluding hydrogens is 243 g/mol. The number of rotatable bonds is 6. The minimum atomic E-state index is -4.57. The molecule has 0 rings (SSSR count). The highest BCUT2D eigenvalue weighted by molar-refractivity contribution is 7.54. The van der Waals surface area contributed by atoms with Crippen molar-refractivity contribution in [3.8, 4) is 0 Å². The average Bonchev–Trinajstić information content (AvgIpc) is 2.24. The largest absolute Gasteiger partial charge is 0.480 e. The normalized spacial score (nSPS) is 14.5. The van der Waals surface area contributed by atoms with Crippen LogP contribution in [-0.2, 0) is 9.36 Å². The van der Waals surface area contributed by atoms with Gasteiger partial charge < -0.3 is 14.9 Å². The molecule has 104 valence electrons. The number of unbranched alkanes of at least 4 members (excludes halogenated alkanes) is 2. The van der Waals surface area contributed by atoms with Crippen LogP contribution in [0.3, 0.4) is 0 Å². The Morgan fingerprint density at radius 1 is 1.12 bits per heavy atom. The molecule has 0 saturated carbocycles. The molecule has 17 heavy (non-hydrogen) atoms. The van der Waals surface area contributed by atoms with Gasteiger partial charge in [-0.2, -0.15) is 0 Å². The summed E-state index contributed by atoms with van der Waals surface area (Å²) in [6.07, 6.45) is 3.85. The van der Waals surface area contributed by atoms with E-state index in [9.17, 15) is 9.36 Å². The van der Waals surface area contributed by atoms with Crippen LogP contribution in [0.1, 0.15) is 59.8 Å². The Labute approximate surface area is 103 Å². The summed E-state index contributed by atoms with van der Waals surface area (Å²) >= 11 is 0. The SMILES string of the molecule is CCCC.CCCCC(C)(C(=O)O)P(=O)(O)O. The maximum Gasteiger partial charge on any atom is 0.342 e. The number of hydrogen-bond acceptors (Lipinski definition) is 2. The average molecular weight is 268 g/mol. The van der Waals surface area contributed by atoms with Crippen LogP contribution in [0.25, 0.3) is 0 Å². The Morgan fingerprint density at radius 2 is 1.53 bits per heavy atom. The van der Waals surface area contributed by atoms with Gasteiger partial charge in [0.25, 0.3) is 0 Å². The van der Waals surface area contributed by atoms with E-state index in [2.05, 4.69) is 13.8 Å². The highest BCUT2D eigenvalue weighted by Crippen LogP contribution is 2.53. The Morgan fingerprint density at radius 3 is 1.71 bits per heavy atom. The molecule has 1 unspecified atom stereocenters. The molecule has 0 aromatic rings. The van der Waals surface area contributed by atoms with Gasteiger partial charge >= 0.3 is 13.6 Å². The number of carbonyl (C=O) groups is 1. The first-order valence-corrected chi connectivity index (χ1v) is 7.57. The lowest BCUT2D eigenvalue weighted by Crippen LogP contribution is -2.34. The Hall–Kier alpha value is -0.380. The predicted octanol–water partition coefficient (Wildman–Crippen LogP) is 3.00. The van der Waals surface area contributed by atoms with Crippen LogP contribution in [0.4, 0.5) is 0 Å². The van der Waals surface area contributed by atoms with Crippen molar-refractivity contribution in [2.45, 2.75) is 65.0 Å². The molecular formula is C11H25O5P. The van der Waals surface area contributed by atoms with Crippen LogP contribution in [0.2, 0.25) is 0 Å². The standard InChI is InChI=1S/C7H15O5P.C4H10/c1-3-4-5-7(2,6(8)9)13(10,11)12;1-3-4-2/h3-5H2,1-2H3,(H,8,9)(H2,10,11,12);3-4H2,1-2H3. The van der Waals surface area contributed by atoms with Crippen molar-refractivity contribution in [2.24, 2.45) is 0 Å². The third-order valence-corrected chi connectivity index (χ3v) is 4.32. The molecule has 5 nitrogen and oxygen atoms in total. The first-order chi connectivity index (χ1) is 7.67. The predicted molar refractivity (Wildman–Crippen MR) is 68.2 cm³/mol. The molecule has 0 aromatic heterocycles. The molecule has 0 aromatic carbocycles. The second-order valence-corrected chi connectivity index (χ2v) is 6.30. The Kier molecular flexibility index (Phi) is 9.68. The lowest BCUT2D eigenvalue weighted by atomic mass is 10.0. The smallest absolute Gasteiger partial charge is 0.342 e. The van der Waals surface area contributed by atoms with Gasteiger partial charge in [0.15, 0.2) is 5.16 Å². The minimum absolute atomic E-state index is 0.00309. The van der Waals surface area contributed by atoms with E-state index < -0.39 is 18.7 Å². The highest BCUT2D eigenvalue weighted by Gasteiger charge is 2.48. The van der Waals surface area contributed by atoms with Crippen LogP contribution < -0.4 is 0 Å². The molecule has 1 atom stereocenters. The number of aliphatic carboxylic acids is 1. The molecule has 0 aliphatic carbocycles. The van der Waals surface area contributed by atoms with Crippen LogP contribution in [0.15, 0.2) is 0 Å². The molecule has 3 N–H and O–H groups in total. The Balaban J connectivity index is 0. The summed E-state index contributed by atoms with van der Waals surface area (Å²) in [5, 5.41) is 6.77. The van der Waals surface area contributed by atoms with Crippen molar-refractivity contribution in [1.82, 2.24) is 0 Å². The molecule has 0 fully saturated rings. The summed E-state index contributed by atoms with van der Waals surface area (Å²) in [5.74, 6) is -1.44. The summed E-state index contributed by atoms with van der Waals surface area (Å²) in [5.41, 5.74) is 0. The first kappa shape index (κ1) is 19.0. The van der Waals surface area contributed by atoms with Gasteiger partial charge in [-0.15, -0.1) is 0 Å². The van der Waals surface area contributed by atoms with Gasteiger partial charge in [0.05, 0.1) is 0 Å². The molecule has 0 aliphatic rings. The van der Waals surface area contributed by atoms with Crippen molar-refractivity contribution in [3.63, 3.8) is 0 Å². The summed E-state index contributed by atoms with van der Waals surface area (Å²) in [4.78, 5) is 28.4. The zero-order valence-corrected chi connectivity index (χ0v) is 12.0. The van der Waals surface area contributed by atoms with Gasteiger partial charge in [0, 0.05) is 0 Å². The fourth-order valence-corrected chi connectivity index (χ4v) is 1.60. The third kappa shape index (κ3) is 6.81. The lowest BCUT2D eigenvalue weighted by Gasteiger charge is -2.25. The molecule has 0 amide bonds. The second kappa shape index (κ2) is 8.67. The van der Waals surface area contributed by atoms with Crippen molar-refractivity contribution >= 4 is 13.6 Å². The maximum atomic E-state index is 10.9. The topological polar surface area (TPSA) is 94.8 Å². The zero-order chi connectivity index (χ0) is 14.1. The van der Waals surface area contributed by atoms with Gasteiger partial charge in [-0.25, -0.2) is 0 Å². The molecule has 0 heterocycles. The van der Waals surface area contributed by atoms with Crippen molar-refractivity contribution in [1.29, 1.82) is 0 Å². The van der Waals surface area contributed by atoms with E-state index in [0.717, 1.165) is 6.92 Å². The van der Waals surface area contributed by atoms with E-state index in [0.29, 0.717) is 12.8 Å². The van der Waals surface area contributed by atoms with Gasteiger partial charge in [0.2, 0.25) is 0 Å². The van der Waals surface area contributed by atoms with E-state index in [1.807, 2.05) is 6.92 Å². The fraction of sp³-hybridized carbons (Fsp3) is 0.909. The molecule has 0 radical (unpaired) electrons. The highest BCUT2D eigenvalue weighted by atomic mass is 31.2. The summed E-state index contributed by atoms with van der Waals surface area (Å²) in [7, 11) is -4.57. The van der Waals surface area contributed by atoms with Crippen LogP contribution in [0.5, 0.6) is 0 Å². The van der Waals surface area contributed by atoms with Crippen LogP contribution >= 0.6 is 7.60 Å². The number of carboxylic acid groups (broad SMARTS) is 1. The van der Waals surface area contributed by atoms with E-state index in [1.165, 1.54) is 12.8 Å². The summed E-state index contributed by atoms with van der Waals surface area (Å²) in [6, 6.07) is 0. The van der Waals surface area contributed by atoms with Crippen molar-refractivity contribution in [2.75, 3.05) is 0 Å². The van der Waals surface area contributed by atoms with Gasteiger partial charge in [-0.1, -0.05) is 46.5 Å². The van der Waals surface area contributed by atoms with Crippen LogP contribution in [0, 0.1) is 0 Å². The molecule has 0 aliphatic heterocycles. The fourth-order valence-electron chi connectivity index (χ4n) is 0.898. The molecule has 0 saturated heterocycles. The van der Waals surface area contributed by atoms with Crippen molar-refractivity contribution < 1.29 is 24.3 Å². The van der Waals surface area contributed by atoms with Crippen LogP contribution in [-0.4, -0.2) is 26.0 Å². The van der Waals surface area contributed by atoms with Gasteiger partial charge in [0.1, 0.15) is 0 Å². The van der Waals surface area contributed by atoms with Crippen molar-refractivity contribution in [3.05, 3.63) is 0 Å². The molecule has 0 spiro atoms. The van der Waals surface area contributed by atoms with E-state index in [-0.39, 0.29) is 6.42 Å². The lowest BCUT2D eigenvalue weighted by molar-refractivity contribution is -0.140. The summed E-state index contributed by atoms with van der Waals surface area (Å²) < 4.78 is 10.9. The quantitative estimate of drug-likeness (QED) is 0.644. The maximum absolute atomic E-state index is 10.9. The van der Waals surface area contributed by atoms with E-state index in [1.54, 1.807) is 0 Å². The minimum Gasteiger partial charge on any atom is -0.480 e. The first-order valence-electron chi connectivity index (χ1n) is 5.96. The molecule has 0 bridgehead atoms. The van der Waals surface area contributed by atoms with E-state index >= 15 is 0 Å². The molecule has 6 heteroatoms. The Bertz CT molecular complexity index is 259. The number of carboxylic acids is 1. The van der Waals surface area contributed by atoms with Gasteiger partial charge in [-0.05, 0) is 13.3 Å². The second-order valence-electron chi connectivity index (χ2n) is 4.23.